The Morgan fingerprint density at radius 1 is 0.938 bits per heavy atom. The molecule has 0 aliphatic heterocycles. The van der Waals surface area contributed by atoms with Crippen molar-refractivity contribution in [3.63, 3.8) is 0 Å². The molecule has 0 fully saturated rings. The molecule has 6 nitrogen and oxygen atoms in total. The van der Waals surface area contributed by atoms with Crippen molar-refractivity contribution in [1.29, 1.82) is 0 Å². The third kappa shape index (κ3) is 6.47. The van der Waals surface area contributed by atoms with E-state index in [2.05, 4.69) is 17.2 Å². The van der Waals surface area contributed by atoms with Crippen LogP contribution in [0.5, 0.6) is 5.75 Å². The molecule has 164 valence electrons. The molecule has 0 aliphatic rings. The molecule has 6 heteroatoms. The van der Waals surface area contributed by atoms with Gasteiger partial charge in [0.2, 0.25) is 5.91 Å². The van der Waals surface area contributed by atoms with Crippen LogP contribution in [0, 0.1) is 0 Å². The first-order chi connectivity index (χ1) is 15.4. The minimum atomic E-state index is -0.189. The van der Waals surface area contributed by atoms with Crippen molar-refractivity contribution in [2.45, 2.75) is 6.92 Å². The number of para-hydroxylation sites is 1. The van der Waals surface area contributed by atoms with Gasteiger partial charge in [0.1, 0.15) is 12.4 Å². The molecule has 0 radical (unpaired) electrons. The quantitative estimate of drug-likeness (QED) is 0.471. The van der Waals surface area contributed by atoms with E-state index >= 15 is 0 Å². The van der Waals surface area contributed by atoms with E-state index in [4.69, 9.17) is 4.74 Å². The average molecular weight is 430 g/mol. The second kappa shape index (κ2) is 10.8. The number of carbonyl (C=O) groups is 2. The zero-order valence-corrected chi connectivity index (χ0v) is 18.3. The number of anilines is 3. The predicted molar refractivity (Wildman–Crippen MR) is 129 cm³/mol. The van der Waals surface area contributed by atoms with E-state index in [9.17, 15) is 9.59 Å². The third-order valence-electron chi connectivity index (χ3n) is 4.64. The summed E-state index contributed by atoms with van der Waals surface area (Å²) in [6.07, 6.45) is 0. The monoisotopic (exact) mass is 429 g/mol. The Morgan fingerprint density at radius 3 is 2.34 bits per heavy atom. The number of hydrogen-bond acceptors (Lipinski definition) is 4. The van der Waals surface area contributed by atoms with E-state index < -0.39 is 0 Å². The molecule has 0 aliphatic carbocycles. The fraction of sp³-hybridized carbons (Fsp3) is 0.154. The Morgan fingerprint density at radius 2 is 1.66 bits per heavy atom. The largest absolute Gasteiger partial charge is 0.489 e. The normalized spacial score (nSPS) is 10.2. The highest BCUT2D eigenvalue weighted by Crippen LogP contribution is 2.19. The van der Waals surface area contributed by atoms with E-state index in [1.54, 1.807) is 48.3 Å². The second-order valence-electron chi connectivity index (χ2n) is 7.45. The van der Waals surface area contributed by atoms with Crippen LogP contribution in [-0.2, 0) is 4.79 Å². The van der Waals surface area contributed by atoms with Gasteiger partial charge in [-0.25, -0.2) is 0 Å². The number of carbonyl (C=O) groups excluding carboxylic acids is 2. The third-order valence-corrected chi connectivity index (χ3v) is 4.64. The Labute approximate surface area is 188 Å². The van der Waals surface area contributed by atoms with Gasteiger partial charge in [-0.2, -0.15) is 0 Å². The van der Waals surface area contributed by atoms with Crippen molar-refractivity contribution in [2.24, 2.45) is 0 Å². The first kappa shape index (κ1) is 22.6. The molecule has 3 aromatic rings. The fourth-order valence-corrected chi connectivity index (χ4v) is 2.95. The average Bonchev–Trinajstić information content (AvgIpc) is 2.81. The topological polar surface area (TPSA) is 70.7 Å². The summed E-state index contributed by atoms with van der Waals surface area (Å²) in [6.45, 7) is 6.22. The summed E-state index contributed by atoms with van der Waals surface area (Å²) in [5, 5.41) is 5.90. The maximum Gasteiger partial charge on any atom is 0.258 e. The summed E-state index contributed by atoms with van der Waals surface area (Å²) in [6, 6.07) is 23.7. The van der Waals surface area contributed by atoms with Crippen LogP contribution in [0.4, 0.5) is 17.1 Å². The highest BCUT2D eigenvalue weighted by Gasteiger charge is 2.13. The fourth-order valence-electron chi connectivity index (χ4n) is 2.95. The lowest BCUT2D eigenvalue weighted by molar-refractivity contribution is -0.114. The Balaban J connectivity index is 1.52. The number of ether oxygens (including phenoxy) is 1. The summed E-state index contributed by atoms with van der Waals surface area (Å²) >= 11 is 0. The van der Waals surface area contributed by atoms with Crippen LogP contribution in [0.3, 0.4) is 0 Å². The molecule has 0 aromatic heterocycles. The van der Waals surface area contributed by atoms with Crippen molar-refractivity contribution in [2.75, 3.05) is 35.7 Å². The summed E-state index contributed by atoms with van der Waals surface area (Å²) < 4.78 is 5.60. The molecule has 2 N–H and O–H groups in total. The van der Waals surface area contributed by atoms with E-state index in [1.807, 2.05) is 49.4 Å². The Hall–Kier alpha value is -4.06. The summed E-state index contributed by atoms with van der Waals surface area (Å²) in [7, 11) is 1.74. The highest BCUT2D eigenvalue weighted by molar-refractivity contribution is 6.05. The summed E-state index contributed by atoms with van der Waals surface area (Å²) in [4.78, 5) is 26.6. The molecule has 3 rings (SSSR count). The van der Waals surface area contributed by atoms with Crippen LogP contribution in [0.1, 0.15) is 17.3 Å². The molecular formula is C26H27N3O3. The Bertz CT molecular complexity index is 1080. The molecule has 0 saturated carbocycles. The minimum absolute atomic E-state index is 0.0913. The van der Waals surface area contributed by atoms with Crippen molar-refractivity contribution >= 4 is 28.9 Å². The van der Waals surface area contributed by atoms with Crippen LogP contribution in [0.25, 0.3) is 0 Å². The van der Waals surface area contributed by atoms with Crippen molar-refractivity contribution in [1.82, 2.24) is 0 Å². The smallest absolute Gasteiger partial charge is 0.258 e. The van der Waals surface area contributed by atoms with Gasteiger partial charge in [-0.1, -0.05) is 30.8 Å². The van der Waals surface area contributed by atoms with Gasteiger partial charge in [0.25, 0.3) is 5.91 Å². The number of benzene rings is 3. The molecule has 0 bridgehead atoms. The van der Waals surface area contributed by atoms with Gasteiger partial charge < -0.3 is 20.3 Å². The molecule has 2 amide bonds. The zero-order valence-electron chi connectivity index (χ0n) is 18.3. The van der Waals surface area contributed by atoms with Crippen LogP contribution >= 0.6 is 0 Å². The van der Waals surface area contributed by atoms with Gasteiger partial charge in [0, 0.05) is 35.7 Å². The number of nitrogens with zero attached hydrogens (tertiary/aromatic N) is 1. The summed E-state index contributed by atoms with van der Waals surface area (Å²) in [5.41, 5.74) is 3.71. The molecular weight excluding hydrogens is 402 g/mol. The van der Waals surface area contributed by atoms with Crippen LogP contribution in [-0.4, -0.2) is 32.0 Å². The molecule has 0 saturated heterocycles. The van der Waals surface area contributed by atoms with Crippen molar-refractivity contribution in [3.8, 4) is 5.75 Å². The van der Waals surface area contributed by atoms with Crippen LogP contribution in [0.15, 0.2) is 91.0 Å². The zero-order chi connectivity index (χ0) is 22.9. The number of nitrogens with one attached hydrogen (secondary N) is 2. The Kier molecular flexibility index (Phi) is 7.65. The van der Waals surface area contributed by atoms with Gasteiger partial charge in [0.05, 0.1) is 6.54 Å². The lowest BCUT2D eigenvalue weighted by Gasteiger charge is -2.17. The first-order valence-corrected chi connectivity index (χ1v) is 10.3. The molecule has 0 heterocycles. The van der Waals surface area contributed by atoms with E-state index in [0.717, 1.165) is 16.9 Å². The SMILES string of the molecule is C=C(C)COc1cccc(NC(=O)CNc2ccc(C(=O)N(C)c3ccccc3)cc2)c1. The van der Waals surface area contributed by atoms with Crippen molar-refractivity contribution < 1.29 is 14.3 Å². The van der Waals surface area contributed by atoms with Gasteiger partial charge in [-0.05, 0) is 61.0 Å². The van der Waals surface area contributed by atoms with Gasteiger partial charge >= 0.3 is 0 Å². The van der Waals surface area contributed by atoms with E-state index in [0.29, 0.717) is 23.6 Å². The molecule has 0 unspecified atom stereocenters. The highest BCUT2D eigenvalue weighted by atomic mass is 16.5. The van der Waals surface area contributed by atoms with Gasteiger partial charge in [-0.15, -0.1) is 0 Å². The maximum absolute atomic E-state index is 12.7. The van der Waals surface area contributed by atoms with Crippen molar-refractivity contribution in [3.05, 3.63) is 96.6 Å². The summed E-state index contributed by atoms with van der Waals surface area (Å²) in [5.74, 6) is 0.375. The second-order valence-corrected chi connectivity index (χ2v) is 7.45. The first-order valence-electron chi connectivity index (χ1n) is 10.3. The minimum Gasteiger partial charge on any atom is -0.489 e. The van der Waals surface area contributed by atoms with Crippen LogP contribution < -0.4 is 20.3 Å². The van der Waals surface area contributed by atoms with E-state index in [1.165, 1.54) is 0 Å². The molecule has 0 spiro atoms. The lowest BCUT2D eigenvalue weighted by Crippen LogP contribution is -2.26. The molecule has 0 atom stereocenters. The maximum atomic E-state index is 12.7. The van der Waals surface area contributed by atoms with Gasteiger partial charge in [-0.3, -0.25) is 9.59 Å². The predicted octanol–water partition coefficient (Wildman–Crippen LogP) is 4.97. The van der Waals surface area contributed by atoms with Crippen LogP contribution in [0.2, 0.25) is 0 Å². The molecule has 3 aromatic carbocycles. The molecule has 32 heavy (non-hydrogen) atoms. The van der Waals surface area contributed by atoms with E-state index in [-0.39, 0.29) is 18.4 Å². The lowest BCUT2D eigenvalue weighted by atomic mass is 10.1. The number of amides is 2. The number of hydrogen-bond donors (Lipinski definition) is 2. The number of rotatable bonds is 9. The standard InChI is InChI=1S/C26H27N3O3/c1-19(2)18-32-24-11-7-8-22(16-24)28-25(30)17-27-21-14-12-20(13-15-21)26(31)29(3)23-9-5-4-6-10-23/h4-16,27H,1,17-18H2,2-3H3,(H,28,30). The van der Waals surface area contributed by atoms with Gasteiger partial charge in [0.15, 0.2) is 0 Å².